The number of hydrogen-bond acceptors (Lipinski definition) is 5. The molecule has 1 rings (SSSR count). The van der Waals surface area contributed by atoms with Crippen LogP contribution in [0.15, 0.2) is 0 Å². The Balaban J connectivity index is 2.40. The highest BCUT2D eigenvalue weighted by molar-refractivity contribution is 7.13. The van der Waals surface area contributed by atoms with Crippen molar-refractivity contribution in [1.29, 1.82) is 0 Å². The van der Waals surface area contributed by atoms with Gasteiger partial charge in [0.15, 0.2) is 0 Å². The maximum atomic E-state index is 11.3. The number of carboxylic acids is 1. The minimum absolute atomic E-state index is 0.0624. The summed E-state index contributed by atoms with van der Waals surface area (Å²) in [7, 11) is 0. The normalized spacial score (nSPS) is 9.95. The first-order valence-corrected chi connectivity index (χ1v) is 6.21. The van der Waals surface area contributed by atoms with E-state index in [0.717, 1.165) is 11.3 Å². The fourth-order valence-corrected chi connectivity index (χ4v) is 2.09. The summed E-state index contributed by atoms with van der Waals surface area (Å²) in [5, 5.41) is 14.3. The molecule has 0 atom stereocenters. The summed E-state index contributed by atoms with van der Waals surface area (Å²) < 4.78 is 0. The van der Waals surface area contributed by atoms with Crippen molar-refractivity contribution in [1.82, 2.24) is 15.6 Å². The van der Waals surface area contributed by atoms with Crippen molar-refractivity contribution < 1.29 is 19.5 Å². The van der Waals surface area contributed by atoms with Crippen LogP contribution in [0.3, 0.4) is 0 Å². The Morgan fingerprint density at radius 3 is 2.58 bits per heavy atom. The lowest BCUT2D eigenvalue weighted by Gasteiger charge is -2.04. The van der Waals surface area contributed by atoms with Gasteiger partial charge >= 0.3 is 12.0 Å². The minimum Gasteiger partial charge on any atom is -0.477 e. The van der Waals surface area contributed by atoms with Crippen LogP contribution < -0.4 is 16.4 Å². The van der Waals surface area contributed by atoms with Gasteiger partial charge in [0.25, 0.3) is 0 Å². The number of aromatic carboxylic acids is 1. The SMILES string of the molecule is Cc1nc(CNC(=O)NCCC(N)=O)sc1C(=O)O. The van der Waals surface area contributed by atoms with E-state index in [1.807, 2.05) is 0 Å². The van der Waals surface area contributed by atoms with Crippen LogP contribution in [-0.2, 0) is 11.3 Å². The van der Waals surface area contributed by atoms with Crippen LogP contribution in [0.25, 0.3) is 0 Å². The van der Waals surface area contributed by atoms with E-state index in [-0.39, 0.29) is 24.4 Å². The van der Waals surface area contributed by atoms with E-state index in [4.69, 9.17) is 10.8 Å². The molecule has 1 aromatic heterocycles. The van der Waals surface area contributed by atoms with Crippen molar-refractivity contribution in [2.75, 3.05) is 6.54 Å². The van der Waals surface area contributed by atoms with Crippen LogP contribution >= 0.6 is 11.3 Å². The van der Waals surface area contributed by atoms with Gasteiger partial charge < -0.3 is 21.5 Å². The first-order valence-electron chi connectivity index (χ1n) is 5.39. The molecule has 1 aromatic rings. The molecule has 0 saturated carbocycles. The lowest BCUT2D eigenvalue weighted by molar-refractivity contribution is -0.117. The van der Waals surface area contributed by atoms with Crippen molar-refractivity contribution in [3.63, 3.8) is 0 Å². The van der Waals surface area contributed by atoms with E-state index >= 15 is 0 Å². The summed E-state index contributed by atoms with van der Waals surface area (Å²) in [6.07, 6.45) is 0.0624. The van der Waals surface area contributed by atoms with Gasteiger partial charge in [0, 0.05) is 13.0 Å². The van der Waals surface area contributed by atoms with Crippen LogP contribution in [0.5, 0.6) is 0 Å². The van der Waals surface area contributed by atoms with Crippen LogP contribution in [0.2, 0.25) is 0 Å². The number of thiazole rings is 1. The second kappa shape index (κ2) is 6.69. The molecule has 0 radical (unpaired) electrons. The average Bonchev–Trinajstić information content (AvgIpc) is 2.67. The Hall–Kier alpha value is -2.16. The number of nitrogens with one attached hydrogen (secondary N) is 2. The number of nitrogens with two attached hydrogens (primary N) is 1. The third kappa shape index (κ3) is 4.92. The highest BCUT2D eigenvalue weighted by Crippen LogP contribution is 2.17. The lowest BCUT2D eigenvalue weighted by atomic mass is 10.4. The predicted octanol–water partition coefficient (Wildman–Crippen LogP) is -0.176. The molecule has 0 fully saturated rings. The standard InChI is InChI=1S/C10H14N4O4S/c1-5-8(9(16)17)19-7(14-5)4-13-10(18)12-3-2-6(11)15/h2-4H2,1H3,(H2,11,15)(H,16,17)(H2,12,13,18). The topological polar surface area (TPSA) is 134 Å². The summed E-state index contributed by atoms with van der Waals surface area (Å²) in [6, 6.07) is -0.467. The molecular weight excluding hydrogens is 272 g/mol. The maximum Gasteiger partial charge on any atom is 0.347 e. The fourth-order valence-electron chi connectivity index (χ4n) is 1.24. The van der Waals surface area contributed by atoms with Crippen LogP contribution in [0.1, 0.15) is 26.8 Å². The third-order valence-corrected chi connectivity index (χ3v) is 3.24. The van der Waals surface area contributed by atoms with Gasteiger partial charge in [0.2, 0.25) is 5.91 Å². The molecule has 3 amide bonds. The number of aryl methyl sites for hydroxylation is 1. The zero-order valence-electron chi connectivity index (χ0n) is 10.2. The summed E-state index contributed by atoms with van der Waals surface area (Å²) >= 11 is 1.01. The molecular formula is C10H14N4O4S. The van der Waals surface area contributed by atoms with Gasteiger partial charge in [0.05, 0.1) is 12.2 Å². The number of carbonyl (C=O) groups is 3. The zero-order chi connectivity index (χ0) is 14.4. The number of rotatable bonds is 6. The molecule has 0 saturated heterocycles. The molecule has 0 aromatic carbocycles. The second-order valence-corrected chi connectivity index (χ2v) is 4.74. The maximum absolute atomic E-state index is 11.3. The molecule has 0 bridgehead atoms. The third-order valence-electron chi connectivity index (χ3n) is 2.09. The summed E-state index contributed by atoms with van der Waals surface area (Å²) in [4.78, 5) is 36.8. The summed E-state index contributed by atoms with van der Waals surface area (Å²) in [5.74, 6) is -1.53. The number of nitrogens with zero attached hydrogens (tertiary/aromatic N) is 1. The molecule has 0 aliphatic heterocycles. The van der Waals surface area contributed by atoms with Crippen molar-refractivity contribution in [2.45, 2.75) is 19.9 Å². The first kappa shape index (κ1) is 14.9. The average molecular weight is 286 g/mol. The van der Waals surface area contributed by atoms with Crippen molar-refractivity contribution in [2.24, 2.45) is 5.73 Å². The van der Waals surface area contributed by atoms with Gasteiger partial charge in [-0.1, -0.05) is 0 Å². The van der Waals surface area contributed by atoms with E-state index in [2.05, 4.69) is 15.6 Å². The number of carboxylic acid groups (broad SMARTS) is 1. The van der Waals surface area contributed by atoms with Crippen molar-refractivity contribution >= 4 is 29.2 Å². The van der Waals surface area contributed by atoms with E-state index in [9.17, 15) is 14.4 Å². The van der Waals surface area contributed by atoms with Crippen molar-refractivity contribution in [3.05, 3.63) is 15.6 Å². The lowest BCUT2D eigenvalue weighted by Crippen LogP contribution is -2.36. The number of hydrogen-bond donors (Lipinski definition) is 4. The molecule has 0 aliphatic rings. The minimum atomic E-state index is -1.04. The molecule has 0 spiro atoms. The predicted molar refractivity (Wildman–Crippen MR) is 67.9 cm³/mol. The summed E-state index contributed by atoms with van der Waals surface area (Å²) in [6.45, 7) is 1.87. The molecule has 5 N–H and O–H groups in total. The second-order valence-electron chi connectivity index (χ2n) is 3.65. The Kier molecular flexibility index (Phi) is 5.24. The quantitative estimate of drug-likeness (QED) is 0.575. The number of urea groups is 1. The van der Waals surface area contributed by atoms with Gasteiger partial charge in [-0.25, -0.2) is 14.6 Å². The first-order chi connectivity index (χ1) is 8.90. The highest BCUT2D eigenvalue weighted by atomic mass is 32.1. The molecule has 0 unspecified atom stereocenters. The monoisotopic (exact) mass is 286 g/mol. The number of amides is 3. The zero-order valence-corrected chi connectivity index (χ0v) is 11.0. The largest absolute Gasteiger partial charge is 0.477 e. The highest BCUT2D eigenvalue weighted by Gasteiger charge is 2.14. The van der Waals surface area contributed by atoms with Gasteiger partial charge in [-0.3, -0.25) is 4.79 Å². The Morgan fingerprint density at radius 2 is 2.05 bits per heavy atom. The number of carbonyl (C=O) groups excluding carboxylic acids is 2. The Labute approximate surface area is 113 Å². The van der Waals surface area contributed by atoms with Crippen LogP contribution in [0.4, 0.5) is 4.79 Å². The molecule has 104 valence electrons. The Bertz CT molecular complexity index is 500. The van der Waals surface area contributed by atoms with E-state index in [1.165, 1.54) is 0 Å². The van der Waals surface area contributed by atoms with Gasteiger partial charge in [-0.2, -0.15) is 0 Å². The fraction of sp³-hybridized carbons (Fsp3) is 0.400. The van der Waals surface area contributed by atoms with Crippen molar-refractivity contribution in [3.8, 4) is 0 Å². The van der Waals surface area contributed by atoms with Crippen LogP contribution in [0, 0.1) is 6.92 Å². The molecule has 1 heterocycles. The van der Waals surface area contributed by atoms with Gasteiger partial charge in [-0.05, 0) is 6.92 Å². The van der Waals surface area contributed by atoms with E-state index in [0.29, 0.717) is 10.7 Å². The summed E-state index contributed by atoms with van der Waals surface area (Å²) in [5.41, 5.74) is 5.34. The molecule has 19 heavy (non-hydrogen) atoms. The van der Waals surface area contributed by atoms with Gasteiger partial charge in [-0.15, -0.1) is 11.3 Å². The molecule has 9 heteroatoms. The van der Waals surface area contributed by atoms with Crippen LogP contribution in [-0.4, -0.2) is 34.5 Å². The van der Waals surface area contributed by atoms with E-state index < -0.39 is 17.9 Å². The smallest absolute Gasteiger partial charge is 0.347 e. The van der Waals surface area contributed by atoms with Gasteiger partial charge in [0.1, 0.15) is 9.88 Å². The molecule has 8 nitrogen and oxygen atoms in total. The van der Waals surface area contributed by atoms with E-state index in [1.54, 1.807) is 6.92 Å². The Morgan fingerprint density at radius 1 is 1.37 bits per heavy atom. The number of aromatic nitrogens is 1. The number of primary amides is 1. The molecule has 0 aliphatic carbocycles.